The molecule has 0 radical (unpaired) electrons. The average Bonchev–Trinajstić information content (AvgIpc) is 2.29. The van der Waals surface area contributed by atoms with Gasteiger partial charge < -0.3 is 5.73 Å². The fourth-order valence-corrected chi connectivity index (χ4v) is 2.96. The zero-order valence-electron chi connectivity index (χ0n) is 11.2. The van der Waals surface area contributed by atoms with E-state index >= 15 is 0 Å². The fourth-order valence-electron chi connectivity index (χ4n) is 2.27. The first-order chi connectivity index (χ1) is 8.44. The predicted molar refractivity (Wildman–Crippen MR) is 76.4 cm³/mol. The summed E-state index contributed by atoms with van der Waals surface area (Å²) in [7, 11) is -2.87. The molecule has 0 aliphatic heterocycles. The third kappa shape index (κ3) is 5.19. The van der Waals surface area contributed by atoms with E-state index in [2.05, 4.69) is 19.1 Å². The van der Waals surface area contributed by atoms with E-state index in [1.165, 1.54) is 11.8 Å². The van der Waals surface area contributed by atoms with E-state index in [0.29, 0.717) is 12.3 Å². The highest BCUT2D eigenvalue weighted by atomic mass is 32.2. The van der Waals surface area contributed by atoms with Gasteiger partial charge in [-0.25, -0.2) is 8.42 Å². The zero-order valence-corrected chi connectivity index (χ0v) is 12.0. The van der Waals surface area contributed by atoms with Gasteiger partial charge in [-0.15, -0.1) is 0 Å². The summed E-state index contributed by atoms with van der Waals surface area (Å²) < 4.78 is 22.2. The van der Waals surface area contributed by atoms with Gasteiger partial charge in [0.25, 0.3) is 0 Å². The van der Waals surface area contributed by atoms with Gasteiger partial charge in [-0.3, -0.25) is 0 Å². The molecule has 0 amide bonds. The maximum Gasteiger partial charge on any atom is 0.147 e. The van der Waals surface area contributed by atoms with E-state index in [4.69, 9.17) is 5.73 Å². The highest BCUT2D eigenvalue weighted by Crippen LogP contribution is 2.24. The van der Waals surface area contributed by atoms with Crippen LogP contribution in [0, 0.1) is 0 Å². The van der Waals surface area contributed by atoms with Crippen LogP contribution in [0.1, 0.15) is 37.7 Å². The van der Waals surface area contributed by atoms with Crippen LogP contribution in [-0.4, -0.2) is 26.5 Å². The van der Waals surface area contributed by atoms with Crippen molar-refractivity contribution in [2.45, 2.75) is 38.1 Å². The van der Waals surface area contributed by atoms with Crippen molar-refractivity contribution in [3.05, 3.63) is 35.9 Å². The summed E-state index contributed by atoms with van der Waals surface area (Å²) in [5, 5.41) is 0. The van der Waals surface area contributed by atoms with Crippen molar-refractivity contribution < 1.29 is 8.42 Å². The molecule has 0 aliphatic carbocycles. The molecular formula is C14H23NO2S. The van der Waals surface area contributed by atoms with E-state index in [1.807, 2.05) is 18.2 Å². The van der Waals surface area contributed by atoms with Crippen molar-refractivity contribution in [2.75, 3.05) is 12.0 Å². The fraction of sp³-hybridized carbons (Fsp3) is 0.571. The van der Waals surface area contributed by atoms with Crippen LogP contribution in [0.4, 0.5) is 0 Å². The Hall–Kier alpha value is -0.870. The number of nitrogens with two attached hydrogens (primary N) is 1. The normalized spacial score (nSPS) is 15.3. The minimum absolute atomic E-state index is 0.0270. The smallest absolute Gasteiger partial charge is 0.147 e. The molecule has 0 saturated carbocycles. The highest BCUT2D eigenvalue weighted by Gasteiger charge is 2.18. The van der Waals surface area contributed by atoms with E-state index in [9.17, 15) is 8.42 Å². The van der Waals surface area contributed by atoms with Crippen LogP contribution in [-0.2, 0) is 9.84 Å². The van der Waals surface area contributed by atoms with Gasteiger partial charge in [0.05, 0.1) is 0 Å². The van der Waals surface area contributed by atoms with Crippen molar-refractivity contribution in [1.82, 2.24) is 0 Å². The number of sulfone groups is 1. The topological polar surface area (TPSA) is 60.2 Å². The minimum Gasteiger partial charge on any atom is -0.327 e. The third-order valence-corrected chi connectivity index (χ3v) is 4.27. The summed E-state index contributed by atoms with van der Waals surface area (Å²) in [4.78, 5) is 0. The minimum atomic E-state index is -2.87. The molecule has 2 N–H and O–H groups in total. The summed E-state index contributed by atoms with van der Waals surface area (Å²) in [5.74, 6) is 0.539. The first kappa shape index (κ1) is 15.2. The van der Waals surface area contributed by atoms with Crippen LogP contribution >= 0.6 is 0 Å². The van der Waals surface area contributed by atoms with Crippen LogP contribution in [0.25, 0.3) is 0 Å². The van der Waals surface area contributed by atoms with Gasteiger partial charge in [0, 0.05) is 18.1 Å². The summed E-state index contributed by atoms with van der Waals surface area (Å²) >= 11 is 0. The Balaban J connectivity index is 2.56. The molecule has 4 heteroatoms. The molecule has 18 heavy (non-hydrogen) atoms. The molecule has 0 aromatic heterocycles. The molecule has 0 aliphatic rings. The number of benzene rings is 1. The molecule has 2 atom stereocenters. The van der Waals surface area contributed by atoms with Crippen LogP contribution in [0.15, 0.2) is 30.3 Å². The van der Waals surface area contributed by atoms with Crippen molar-refractivity contribution in [3.8, 4) is 0 Å². The van der Waals surface area contributed by atoms with Crippen LogP contribution in [0.3, 0.4) is 0 Å². The molecule has 2 unspecified atom stereocenters. The Morgan fingerprint density at radius 1 is 1.22 bits per heavy atom. The Bertz CT molecular complexity index is 442. The summed E-state index contributed by atoms with van der Waals surface area (Å²) in [6.45, 7) is 2.12. The molecule has 1 rings (SSSR count). The lowest BCUT2D eigenvalue weighted by molar-refractivity contribution is 0.482. The molecule has 0 spiro atoms. The Morgan fingerprint density at radius 3 is 2.33 bits per heavy atom. The second-order valence-corrected chi connectivity index (χ2v) is 7.12. The molecule has 0 fully saturated rings. The van der Waals surface area contributed by atoms with Gasteiger partial charge in [0.2, 0.25) is 0 Å². The highest BCUT2D eigenvalue weighted by molar-refractivity contribution is 7.90. The standard InChI is InChI=1S/C14H23NO2S/c1-3-13(12-8-5-4-6-9-12)14(15)10-7-11-18(2,16)17/h4-6,8-9,13-14H,3,7,10-11,15H2,1-2H3. The van der Waals surface area contributed by atoms with Crippen LogP contribution < -0.4 is 5.73 Å². The lowest BCUT2D eigenvalue weighted by Gasteiger charge is -2.23. The largest absolute Gasteiger partial charge is 0.327 e. The zero-order chi connectivity index (χ0) is 13.6. The molecule has 3 nitrogen and oxygen atoms in total. The second kappa shape index (κ2) is 6.90. The molecule has 0 saturated heterocycles. The van der Waals surface area contributed by atoms with E-state index in [-0.39, 0.29) is 11.8 Å². The SMILES string of the molecule is CCC(c1ccccc1)C(N)CCCS(C)(=O)=O. The molecule has 0 bridgehead atoms. The van der Waals surface area contributed by atoms with Crippen LogP contribution in [0.2, 0.25) is 0 Å². The maximum atomic E-state index is 11.1. The molecule has 1 aromatic rings. The lowest BCUT2D eigenvalue weighted by Crippen LogP contribution is -2.28. The van der Waals surface area contributed by atoms with Crippen molar-refractivity contribution in [2.24, 2.45) is 5.73 Å². The van der Waals surface area contributed by atoms with E-state index < -0.39 is 9.84 Å². The Kier molecular flexibility index (Phi) is 5.82. The monoisotopic (exact) mass is 269 g/mol. The van der Waals surface area contributed by atoms with Crippen molar-refractivity contribution in [1.29, 1.82) is 0 Å². The summed E-state index contributed by atoms with van der Waals surface area (Å²) in [5.41, 5.74) is 7.44. The Labute approximate surface area is 110 Å². The van der Waals surface area contributed by atoms with Gasteiger partial charge >= 0.3 is 0 Å². The van der Waals surface area contributed by atoms with Crippen molar-refractivity contribution >= 4 is 9.84 Å². The second-order valence-electron chi connectivity index (χ2n) is 4.86. The lowest BCUT2D eigenvalue weighted by atomic mass is 9.87. The molecular weight excluding hydrogens is 246 g/mol. The molecule has 1 aromatic carbocycles. The third-order valence-electron chi connectivity index (χ3n) is 3.24. The summed E-state index contributed by atoms with van der Waals surface area (Å²) in [6.07, 6.45) is 3.64. The van der Waals surface area contributed by atoms with Gasteiger partial charge in [-0.2, -0.15) is 0 Å². The molecule has 102 valence electrons. The number of rotatable bonds is 7. The predicted octanol–water partition coefficient (Wildman–Crippen LogP) is 2.33. The van der Waals surface area contributed by atoms with E-state index in [1.54, 1.807) is 0 Å². The van der Waals surface area contributed by atoms with Gasteiger partial charge in [-0.05, 0) is 30.7 Å². The first-order valence-electron chi connectivity index (χ1n) is 6.42. The summed E-state index contributed by atoms with van der Waals surface area (Å²) in [6, 6.07) is 10.2. The van der Waals surface area contributed by atoms with Gasteiger partial charge in [0.1, 0.15) is 9.84 Å². The van der Waals surface area contributed by atoms with Crippen molar-refractivity contribution in [3.63, 3.8) is 0 Å². The first-order valence-corrected chi connectivity index (χ1v) is 8.48. The maximum absolute atomic E-state index is 11.1. The molecule has 0 heterocycles. The quantitative estimate of drug-likeness (QED) is 0.826. The van der Waals surface area contributed by atoms with E-state index in [0.717, 1.165) is 12.8 Å². The number of hydrogen-bond acceptors (Lipinski definition) is 3. The van der Waals surface area contributed by atoms with Gasteiger partial charge in [-0.1, -0.05) is 37.3 Å². The number of hydrogen-bond donors (Lipinski definition) is 1. The van der Waals surface area contributed by atoms with Crippen LogP contribution in [0.5, 0.6) is 0 Å². The van der Waals surface area contributed by atoms with Gasteiger partial charge in [0.15, 0.2) is 0 Å². The average molecular weight is 269 g/mol. The Morgan fingerprint density at radius 2 is 1.83 bits per heavy atom.